The van der Waals surface area contributed by atoms with Crippen LogP contribution in [0.1, 0.15) is 31.2 Å². The van der Waals surface area contributed by atoms with E-state index in [2.05, 4.69) is 40.5 Å². The van der Waals surface area contributed by atoms with Crippen LogP contribution in [0.25, 0.3) is 0 Å². The molecule has 114 valence electrons. The number of ether oxygens (including phenoxy) is 1. The number of nitrogens with zero attached hydrogens (tertiary/aromatic N) is 1. The van der Waals surface area contributed by atoms with Crippen molar-refractivity contribution < 1.29 is 9.53 Å². The first-order valence-corrected chi connectivity index (χ1v) is 7.99. The summed E-state index contributed by atoms with van der Waals surface area (Å²) in [7, 11) is 0. The highest BCUT2D eigenvalue weighted by Gasteiger charge is 2.27. The minimum Gasteiger partial charge on any atom is -0.368 e. The third-order valence-electron chi connectivity index (χ3n) is 4.41. The van der Waals surface area contributed by atoms with Gasteiger partial charge >= 0.3 is 0 Å². The summed E-state index contributed by atoms with van der Waals surface area (Å²) in [6, 6.07) is 10.9. The zero-order valence-corrected chi connectivity index (χ0v) is 12.5. The van der Waals surface area contributed by atoms with Gasteiger partial charge in [0.25, 0.3) is 0 Å². The second kappa shape index (κ2) is 7.05. The number of piperidine rings is 1. The van der Waals surface area contributed by atoms with Crippen molar-refractivity contribution in [1.29, 1.82) is 0 Å². The molecule has 2 aliphatic heterocycles. The van der Waals surface area contributed by atoms with Gasteiger partial charge in [-0.05, 0) is 31.2 Å². The van der Waals surface area contributed by atoms with Crippen LogP contribution >= 0.6 is 0 Å². The monoisotopic (exact) mass is 288 g/mol. The Morgan fingerprint density at radius 1 is 1.19 bits per heavy atom. The molecule has 2 saturated heterocycles. The Labute approximate surface area is 126 Å². The molecule has 4 nitrogen and oxygen atoms in total. The summed E-state index contributed by atoms with van der Waals surface area (Å²) in [5, 5.41) is 3.15. The number of benzene rings is 1. The van der Waals surface area contributed by atoms with Crippen molar-refractivity contribution in [3.05, 3.63) is 35.9 Å². The van der Waals surface area contributed by atoms with Crippen LogP contribution in [0.5, 0.6) is 0 Å². The van der Waals surface area contributed by atoms with Crippen LogP contribution < -0.4 is 5.32 Å². The van der Waals surface area contributed by atoms with E-state index in [1.165, 1.54) is 5.56 Å². The van der Waals surface area contributed by atoms with Crippen LogP contribution in [0, 0.1) is 0 Å². The van der Waals surface area contributed by atoms with Gasteiger partial charge in [0.15, 0.2) is 0 Å². The molecule has 0 saturated carbocycles. The molecule has 4 heteroatoms. The zero-order chi connectivity index (χ0) is 14.5. The SMILES string of the molecule is O=C(NC1CCN(Cc2ccccc2)CC1)[C@H]1CCCO1. The Hall–Kier alpha value is -1.39. The topological polar surface area (TPSA) is 41.6 Å². The van der Waals surface area contributed by atoms with E-state index in [0.29, 0.717) is 6.04 Å². The number of likely N-dealkylation sites (tertiary alicyclic amines) is 1. The first-order chi connectivity index (χ1) is 10.3. The number of carbonyl (C=O) groups is 1. The van der Waals surface area contributed by atoms with Crippen molar-refractivity contribution >= 4 is 5.91 Å². The van der Waals surface area contributed by atoms with Gasteiger partial charge in [0.2, 0.25) is 5.91 Å². The molecule has 1 aromatic rings. The Bertz CT molecular complexity index is 449. The number of hydrogen-bond acceptors (Lipinski definition) is 3. The fourth-order valence-electron chi connectivity index (χ4n) is 3.16. The molecule has 0 radical (unpaired) electrons. The summed E-state index contributed by atoms with van der Waals surface area (Å²) >= 11 is 0. The second-order valence-corrected chi connectivity index (χ2v) is 6.05. The Morgan fingerprint density at radius 2 is 1.95 bits per heavy atom. The quantitative estimate of drug-likeness (QED) is 0.920. The zero-order valence-electron chi connectivity index (χ0n) is 12.5. The third kappa shape index (κ3) is 4.05. The maximum atomic E-state index is 12.0. The lowest BCUT2D eigenvalue weighted by Gasteiger charge is -2.32. The summed E-state index contributed by atoms with van der Waals surface area (Å²) in [4.78, 5) is 14.5. The Morgan fingerprint density at radius 3 is 2.62 bits per heavy atom. The first-order valence-electron chi connectivity index (χ1n) is 7.99. The molecule has 21 heavy (non-hydrogen) atoms. The van der Waals surface area contributed by atoms with E-state index < -0.39 is 0 Å². The average molecular weight is 288 g/mol. The highest BCUT2D eigenvalue weighted by molar-refractivity contribution is 5.81. The van der Waals surface area contributed by atoms with Gasteiger partial charge in [-0.15, -0.1) is 0 Å². The van der Waals surface area contributed by atoms with Crippen molar-refractivity contribution in [3.63, 3.8) is 0 Å². The van der Waals surface area contributed by atoms with Crippen molar-refractivity contribution in [3.8, 4) is 0 Å². The fraction of sp³-hybridized carbons (Fsp3) is 0.588. The molecule has 0 aromatic heterocycles. The van der Waals surface area contributed by atoms with Crippen LogP contribution in [0.2, 0.25) is 0 Å². The van der Waals surface area contributed by atoms with Crippen LogP contribution in [0.3, 0.4) is 0 Å². The lowest BCUT2D eigenvalue weighted by Crippen LogP contribution is -2.47. The van der Waals surface area contributed by atoms with Crippen LogP contribution in [-0.2, 0) is 16.1 Å². The predicted molar refractivity (Wildman–Crippen MR) is 81.9 cm³/mol. The maximum Gasteiger partial charge on any atom is 0.249 e. The minimum absolute atomic E-state index is 0.0917. The van der Waals surface area contributed by atoms with E-state index in [0.717, 1.165) is 51.9 Å². The molecule has 1 amide bonds. The van der Waals surface area contributed by atoms with Gasteiger partial charge in [0.1, 0.15) is 6.10 Å². The number of rotatable bonds is 4. The number of nitrogens with one attached hydrogen (secondary N) is 1. The fourth-order valence-corrected chi connectivity index (χ4v) is 3.16. The summed E-state index contributed by atoms with van der Waals surface area (Å²) < 4.78 is 5.43. The van der Waals surface area contributed by atoms with Crippen LogP contribution in [0.4, 0.5) is 0 Å². The van der Waals surface area contributed by atoms with Crippen molar-refractivity contribution in [2.75, 3.05) is 19.7 Å². The molecule has 0 unspecified atom stereocenters. The molecule has 1 aromatic carbocycles. The van der Waals surface area contributed by atoms with Gasteiger partial charge in [0.05, 0.1) is 0 Å². The summed E-state index contributed by atoms with van der Waals surface area (Å²) in [6.07, 6.45) is 3.75. The van der Waals surface area contributed by atoms with Crippen molar-refractivity contribution in [2.24, 2.45) is 0 Å². The molecule has 0 bridgehead atoms. The molecular weight excluding hydrogens is 264 g/mol. The molecule has 2 aliphatic rings. The van der Waals surface area contributed by atoms with Gasteiger partial charge in [0, 0.05) is 32.3 Å². The van der Waals surface area contributed by atoms with Gasteiger partial charge < -0.3 is 10.1 Å². The molecule has 2 heterocycles. The standard InChI is InChI=1S/C17H24N2O2/c20-17(16-7-4-12-21-16)18-15-8-10-19(11-9-15)13-14-5-2-1-3-6-14/h1-3,5-6,15-16H,4,7-13H2,(H,18,20)/t16-/m1/s1. The normalized spacial score (nSPS) is 24.1. The summed E-state index contributed by atoms with van der Waals surface area (Å²) in [6.45, 7) is 3.83. The van der Waals surface area contributed by atoms with E-state index in [1.807, 2.05) is 0 Å². The van der Waals surface area contributed by atoms with Gasteiger partial charge in [-0.3, -0.25) is 9.69 Å². The molecule has 3 rings (SSSR count). The molecule has 0 spiro atoms. The van der Waals surface area contributed by atoms with E-state index in [-0.39, 0.29) is 12.0 Å². The smallest absolute Gasteiger partial charge is 0.249 e. The molecule has 1 N–H and O–H groups in total. The van der Waals surface area contributed by atoms with Gasteiger partial charge in [-0.1, -0.05) is 30.3 Å². The van der Waals surface area contributed by atoms with E-state index in [9.17, 15) is 4.79 Å². The lowest BCUT2D eigenvalue weighted by atomic mass is 10.0. The van der Waals surface area contributed by atoms with Crippen LogP contribution in [0.15, 0.2) is 30.3 Å². The minimum atomic E-state index is -0.202. The van der Waals surface area contributed by atoms with Crippen LogP contribution in [-0.4, -0.2) is 42.6 Å². The lowest BCUT2D eigenvalue weighted by molar-refractivity contribution is -0.131. The number of hydrogen-bond donors (Lipinski definition) is 1. The molecule has 1 atom stereocenters. The Balaban J connectivity index is 1.41. The first kappa shape index (κ1) is 14.5. The van der Waals surface area contributed by atoms with E-state index in [1.54, 1.807) is 0 Å². The second-order valence-electron chi connectivity index (χ2n) is 6.05. The average Bonchev–Trinajstić information content (AvgIpc) is 3.05. The van der Waals surface area contributed by atoms with Gasteiger partial charge in [-0.25, -0.2) is 0 Å². The largest absolute Gasteiger partial charge is 0.368 e. The van der Waals surface area contributed by atoms with Gasteiger partial charge in [-0.2, -0.15) is 0 Å². The Kier molecular flexibility index (Phi) is 4.88. The predicted octanol–water partition coefficient (Wildman–Crippen LogP) is 1.95. The number of carbonyl (C=O) groups excluding carboxylic acids is 1. The van der Waals surface area contributed by atoms with E-state index in [4.69, 9.17) is 4.74 Å². The third-order valence-corrected chi connectivity index (χ3v) is 4.41. The van der Waals surface area contributed by atoms with Crippen molar-refractivity contribution in [1.82, 2.24) is 10.2 Å². The summed E-state index contributed by atoms with van der Waals surface area (Å²) in [5.41, 5.74) is 1.36. The summed E-state index contributed by atoms with van der Waals surface area (Å²) in [5.74, 6) is 0.0917. The molecule has 2 fully saturated rings. The van der Waals surface area contributed by atoms with Crippen molar-refractivity contribution in [2.45, 2.75) is 44.4 Å². The highest BCUT2D eigenvalue weighted by Crippen LogP contribution is 2.16. The maximum absolute atomic E-state index is 12.0. The highest BCUT2D eigenvalue weighted by atomic mass is 16.5. The number of amides is 1. The molecule has 0 aliphatic carbocycles. The molecular formula is C17H24N2O2. The van der Waals surface area contributed by atoms with E-state index >= 15 is 0 Å².